The Bertz CT molecular complexity index is 1290. The van der Waals surface area contributed by atoms with Gasteiger partial charge in [-0.15, -0.1) is 0 Å². The molecule has 5 rings (SSSR count). The maximum Gasteiger partial charge on any atom is 0.258 e. The number of benzene rings is 1. The minimum Gasteiger partial charge on any atom is -0.270 e. The van der Waals surface area contributed by atoms with Gasteiger partial charge in [-0.2, -0.15) is 0 Å². The number of rotatable bonds is 4. The molecular formula is C28H24N2O4. The molecule has 1 aromatic carbocycles. The van der Waals surface area contributed by atoms with Gasteiger partial charge in [-0.05, 0) is 41.2 Å². The van der Waals surface area contributed by atoms with Crippen molar-refractivity contribution in [2.24, 2.45) is 11.3 Å². The summed E-state index contributed by atoms with van der Waals surface area (Å²) in [4.78, 5) is 50.4. The van der Waals surface area contributed by atoms with Crippen LogP contribution in [0.1, 0.15) is 32.8 Å². The molecule has 0 N–H and O–H groups in total. The van der Waals surface area contributed by atoms with E-state index in [1.54, 1.807) is 0 Å². The van der Waals surface area contributed by atoms with E-state index in [1.165, 1.54) is 34.8 Å². The smallest absolute Gasteiger partial charge is 0.258 e. The lowest BCUT2D eigenvalue weighted by molar-refractivity contribution is -0.136. The number of hydrogen-bond donors (Lipinski definition) is 0. The maximum absolute atomic E-state index is 12.0. The first-order chi connectivity index (χ1) is 16.1. The number of carbonyl (C=O) groups is 4. The second-order valence-corrected chi connectivity index (χ2v) is 9.98. The Labute approximate surface area is 198 Å². The summed E-state index contributed by atoms with van der Waals surface area (Å²) in [5, 5.41) is 0. The van der Waals surface area contributed by atoms with Gasteiger partial charge < -0.3 is 0 Å². The highest BCUT2D eigenvalue weighted by Crippen LogP contribution is 2.57. The molecule has 0 saturated heterocycles. The molecule has 2 unspecified atom stereocenters. The van der Waals surface area contributed by atoms with Crippen LogP contribution in [-0.2, 0) is 24.6 Å². The van der Waals surface area contributed by atoms with Crippen molar-refractivity contribution in [3.05, 3.63) is 77.4 Å². The van der Waals surface area contributed by atoms with Crippen molar-refractivity contribution in [3.8, 4) is 11.8 Å². The van der Waals surface area contributed by atoms with Gasteiger partial charge in [0.25, 0.3) is 23.6 Å². The summed E-state index contributed by atoms with van der Waals surface area (Å²) in [5.74, 6) is 5.30. The molecule has 0 spiro atoms. The van der Waals surface area contributed by atoms with Crippen molar-refractivity contribution in [3.63, 3.8) is 0 Å². The molecule has 1 fully saturated rings. The van der Waals surface area contributed by atoms with Gasteiger partial charge in [0.1, 0.15) is 0 Å². The van der Waals surface area contributed by atoms with E-state index in [0.717, 1.165) is 22.5 Å². The molecule has 4 aliphatic rings. The highest BCUT2D eigenvalue weighted by Gasteiger charge is 2.51. The molecule has 1 saturated carbocycles. The first-order valence-electron chi connectivity index (χ1n) is 11.2. The van der Waals surface area contributed by atoms with Crippen LogP contribution in [0.15, 0.2) is 71.9 Å². The number of allylic oxidation sites excluding steroid dienone is 3. The van der Waals surface area contributed by atoms with Crippen molar-refractivity contribution in [2.75, 3.05) is 11.4 Å². The fourth-order valence-corrected chi connectivity index (χ4v) is 5.58. The zero-order valence-electron chi connectivity index (χ0n) is 19.3. The molecule has 0 radical (unpaired) electrons. The summed E-state index contributed by atoms with van der Waals surface area (Å²) in [6.07, 6.45) is 10.0. The van der Waals surface area contributed by atoms with Crippen LogP contribution >= 0.6 is 0 Å². The van der Waals surface area contributed by atoms with E-state index < -0.39 is 0 Å². The van der Waals surface area contributed by atoms with E-state index in [-0.39, 0.29) is 46.9 Å². The zero-order chi connectivity index (χ0) is 24.3. The number of carbonyl (C=O) groups excluding carboxylic acids is 4. The largest absolute Gasteiger partial charge is 0.270 e. The minimum absolute atomic E-state index is 0.0538. The molecule has 2 aliphatic carbocycles. The van der Waals surface area contributed by atoms with Crippen molar-refractivity contribution < 1.29 is 19.2 Å². The first-order valence-corrected chi connectivity index (χ1v) is 11.2. The van der Waals surface area contributed by atoms with Gasteiger partial charge in [-0.3, -0.25) is 24.1 Å². The molecule has 0 aromatic heterocycles. The van der Waals surface area contributed by atoms with Crippen LogP contribution in [0.5, 0.6) is 0 Å². The van der Waals surface area contributed by atoms with E-state index in [2.05, 4.69) is 38.7 Å². The van der Waals surface area contributed by atoms with Crippen molar-refractivity contribution in [1.29, 1.82) is 0 Å². The molecule has 0 bridgehead atoms. The fraction of sp³-hybridized carbons (Fsp3) is 0.286. The lowest BCUT2D eigenvalue weighted by Crippen LogP contribution is -2.31. The molecule has 4 amide bonds. The molecule has 2 atom stereocenters. The monoisotopic (exact) mass is 452 g/mol. The minimum atomic E-state index is -0.338. The number of hydrogen-bond acceptors (Lipinski definition) is 4. The summed E-state index contributed by atoms with van der Waals surface area (Å²) < 4.78 is 0. The number of fused-ring (bicyclic) bond motifs is 1. The summed E-state index contributed by atoms with van der Waals surface area (Å²) in [7, 11) is 0. The van der Waals surface area contributed by atoms with Gasteiger partial charge >= 0.3 is 0 Å². The fourth-order valence-electron chi connectivity index (χ4n) is 5.58. The highest BCUT2D eigenvalue weighted by atomic mass is 16.2. The number of imide groups is 2. The zero-order valence-corrected chi connectivity index (χ0v) is 19.3. The van der Waals surface area contributed by atoms with Crippen molar-refractivity contribution in [1.82, 2.24) is 4.90 Å². The molecule has 170 valence electrons. The predicted octanol–water partition coefficient (Wildman–Crippen LogP) is 3.21. The Morgan fingerprint density at radius 3 is 2.06 bits per heavy atom. The molecule has 6 nitrogen and oxygen atoms in total. The Morgan fingerprint density at radius 1 is 0.853 bits per heavy atom. The summed E-state index contributed by atoms with van der Waals surface area (Å²) in [6, 6.07) is 7.57. The molecule has 6 heteroatoms. The van der Waals surface area contributed by atoms with E-state index in [1.807, 2.05) is 30.3 Å². The predicted molar refractivity (Wildman–Crippen MR) is 127 cm³/mol. The lowest BCUT2D eigenvalue weighted by Gasteiger charge is -2.30. The molecule has 2 aliphatic heterocycles. The van der Waals surface area contributed by atoms with E-state index >= 15 is 0 Å². The van der Waals surface area contributed by atoms with E-state index in [4.69, 9.17) is 0 Å². The van der Waals surface area contributed by atoms with Crippen LogP contribution in [0.2, 0.25) is 0 Å². The van der Waals surface area contributed by atoms with Crippen LogP contribution in [0.3, 0.4) is 0 Å². The highest BCUT2D eigenvalue weighted by molar-refractivity contribution is 6.28. The van der Waals surface area contributed by atoms with E-state index in [0.29, 0.717) is 5.69 Å². The second-order valence-electron chi connectivity index (χ2n) is 9.98. The van der Waals surface area contributed by atoms with Crippen LogP contribution in [0.4, 0.5) is 5.69 Å². The van der Waals surface area contributed by atoms with Gasteiger partial charge in [0.15, 0.2) is 0 Å². The number of anilines is 1. The maximum atomic E-state index is 12.0. The van der Waals surface area contributed by atoms with Crippen LogP contribution in [-0.4, -0.2) is 35.1 Å². The molecule has 2 heterocycles. The number of amides is 4. The Hall–Kier alpha value is -3.98. The van der Waals surface area contributed by atoms with Gasteiger partial charge in [0.05, 0.1) is 18.2 Å². The van der Waals surface area contributed by atoms with Gasteiger partial charge in [-0.25, -0.2) is 4.90 Å². The summed E-state index contributed by atoms with van der Waals surface area (Å²) in [5.41, 5.74) is 3.17. The first kappa shape index (κ1) is 21.8. The third-order valence-electron chi connectivity index (χ3n) is 7.20. The lowest BCUT2D eigenvalue weighted by atomic mass is 9.73. The average molecular weight is 453 g/mol. The Morgan fingerprint density at radius 2 is 1.44 bits per heavy atom. The van der Waals surface area contributed by atoms with Crippen LogP contribution in [0, 0.1) is 23.2 Å². The van der Waals surface area contributed by atoms with Crippen LogP contribution in [0.25, 0.3) is 0 Å². The molecular weight excluding hydrogens is 428 g/mol. The average Bonchev–Trinajstić information content (AvgIpc) is 3.27. The van der Waals surface area contributed by atoms with Crippen molar-refractivity contribution in [2.45, 2.75) is 32.6 Å². The van der Waals surface area contributed by atoms with Gasteiger partial charge in [0, 0.05) is 35.3 Å². The molecule has 34 heavy (non-hydrogen) atoms. The van der Waals surface area contributed by atoms with Crippen molar-refractivity contribution >= 4 is 29.3 Å². The second kappa shape index (κ2) is 7.53. The Balaban J connectivity index is 1.45. The SMILES string of the molecule is CC1(C)CC(C)(c2ccc(N3C(=O)C=CC3=O)cc2)C2C#CC(CN3C(=O)C=CC3=O)=CC=C21. The number of nitrogens with zero attached hydrogens (tertiary/aromatic N) is 2. The van der Waals surface area contributed by atoms with Gasteiger partial charge in [-0.1, -0.05) is 50.8 Å². The van der Waals surface area contributed by atoms with Gasteiger partial charge in [0.2, 0.25) is 0 Å². The summed E-state index contributed by atoms with van der Waals surface area (Å²) in [6.45, 7) is 6.76. The normalized spacial score (nSPS) is 27.0. The molecule has 1 aromatic rings. The quantitative estimate of drug-likeness (QED) is 0.519. The third-order valence-corrected chi connectivity index (χ3v) is 7.20. The van der Waals surface area contributed by atoms with Crippen LogP contribution < -0.4 is 4.90 Å². The topological polar surface area (TPSA) is 74.8 Å². The summed E-state index contributed by atoms with van der Waals surface area (Å²) >= 11 is 0. The standard InChI is InChI=1S/C28H24N2O4/c1-27(2)17-28(3,19-6-8-20(9-7-19)30-25(33)14-15-26(30)34)22-11-5-18(4-10-21(22)27)16-29-23(31)12-13-24(29)32/h4,6-10,12-15,22H,16-17H2,1-3H3. The van der Waals surface area contributed by atoms with E-state index in [9.17, 15) is 19.2 Å². The Kier molecular flexibility index (Phi) is 4.84. The third kappa shape index (κ3) is 3.36.